The van der Waals surface area contributed by atoms with E-state index in [1.807, 2.05) is 0 Å². The van der Waals surface area contributed by atoms with E-state index in [2.05, 4.69) is 32.2 Å². The van der Waals surface area contributed by atoms with Gasteiger partial charge in [-0.15, -0.1) is 16.4 Å². The van der Waals surface area contributed by atoms with Crippen molar-refractivity contribution in [3.8, 4) is 0 Å². The van der Waals surface area contributed by atoms with Crippen molar-refractivity contribution >= 4 is 33.1 Å². The molecule has 1 atom stereocenters. The fourth-order valence-corrected chi connectivity index (χ4v) is 5.25. The molecule has 1 N–H and O–H groups in total. The molecule has 9 heteroatoms. The Morgan fingerprint density at radius 2 is 2.25 bits per heavy atom. The molecule has 3 aromatic heterocycles. The van der Waals surface area contributed by atoms with Crippen LogP contribution in [0.3, 0.4) is 0 Å². The highest BCUT2D eigenvalue weighted by Gasteiger charge is 2.24. The number of fused-ring (bicyclic) bond motifs is 5. The predicted octanol–water partition coefficient (Wildman–Crippen LogP) is 1.53. The van der Waals surface area contributed by atoms with Crippen LogP contribution in [0.2, 0.25) is 0 Å². The van der Waals surface area contributed by atoms with E-state index in [-0.39, 0.29) is 11.7 Å². The summed E-state index contributed by atoms with van der Waals surface area (Å²) in [5.41, 5.74) is 2.10. The molecule has 0 unspecified atom stereocenters. The van der Waals surface area contributed by atoms with Gasteiger partial charge >= 0.3 is 0 Å². The molecule has 3 aromatic rings. The third-order valence-electron chi connectivity index (χ3n) is 5.65. The van der Waals surface area contributed by atoms with E-state index in [4.69, 9.17) is 4.74 Å². The first-order chi connectivity index (χ1) is 13.7. The molecule has 0 aromatic carbocycles. The molecule has 0 saturated carbocycles. The van der Waals surface area contributed by atoms with E-state index in [1.165, 1.54) is 16.9 Å². The van der Waals surface area contributed by atoms with E-state index < -0.39 is 0 Å². The third kappa shape index (κ3) is 3.27. The largest absolute Gasteiger partial charge is 0.379 e. The number of aromatic nitrogens is 4. The first-order valence-electron chi connectivity index (χ1n) is 9.93. The average molecular weight is 401 g/mol. The zero-order chi connectivity index (χ0) is 19.1. The molecule has 0 spiro atoms. The van der Waals surface area contributed by atoms with Gasteiger partial charge in [0.2, 0.25) is 5.82 Å². The van der Waals surface area contributed by atoms with Crippen molar-refractivity contribution in [2.24, 2.45) is 5.92 Å². The molecule has 4 heterocycles. The van der Waals surface area contributed by atoms with E-state index in [0.717, 1.165) is 61.6 Å². The molecule has 1 saturated heterocycles. The maximum Gasteiger partial charge on any atom is 0.291 e. The number of hydrogen-bond acceptors (Lipinski definition) is 7. The minimum Gasteiger partial charge on any atom is -0.379 e. The standard InChI is InChI=1S/C19H24N6O2S/c1-12-2-3-14-13(10-12)15-17-22-16(23-25(17)11-21-19(15)28-14)18(26)20-4-5-24-6-8-27-9-7-24/h11-12H,2-10H2,1H3,(H,20,26)/t12-/m1/s1. The van der Waals surface area contributed by atoms with Gasteiger partial charge in [-0.2, -0.15) is 0 Å². The summed E-state index contributed by atoms with van der Waals surface area (Å²) < 4.78 is 6.99. The number of nitrogens with zero attached hydrogens (tertiary/aromatic N) is 5. The minimum absolute atomic E-state index is 0.208. The lowest BCUT2D eigenvalue weighted by molar-refractivity contribution is 0.0383. The lowest BCUT2D eigenvalue weighted by atomic mass is 9.89. The lowest BCUT2D eigenvalue weighted by Crippen LogP contribution is -2.41. The first-order valence-corrected chi connectivity index (χ1v) is 10.7. The molecule has 8 nitrogen and oxygen atoms in total. The van der Waals surface area contributed by atoms with Gasteiger partial charge in [0.25, 0.3) is 5.91 Å². The Balaban J connectivity index is 1.37. The van der Waals surface area contributed by atoms with Gasteiger partial charge in [-0.3, -0.25) is 9.69 Å². The van der Waals surface area contributed by atoms with Gasteiger partial charge in [0, 0.05) is 31.1 Å². The summed E-state index contributed by atoms with van der Waals surface area (Å²) in [5, 5.41) is 8.40. The summed E-state index contributed by atoms with van der Waals surface area (Å²) >= 11 is 1.76. The van der Waals surface area contributed by atoms with Crippen LogP contribution in [-0.2, 0) is 17.6 Å². The number of nitrogens with one attached hydrogen (secondary N) is 1. The van der Waals surface area contributed by atoms with Gasteiger partial charge in [0.05, 0.1) is 18.6 Å². The number of rotatable bonds is 4. The van der Waals surface area contributed by atoms with Crippen LogP contribution in [-0.4, -0.2) is 69.8 Å². The molecule has 1 aliphatic carbocycles. The van der Waals surface area contributed by atoms with Gasteiger partial charge in [-0.25, -0.2) is 14.5 Å². The van der Waals surface area contributed by atoms with Crippen LogP contribution >= 0.6 is 11.3 Å². The van der Waals surface area contributed by atoms with Crippen LogP contribution in [0.15, 0.2) is 6.33 Å². The average Bonchev–Trinajstić information content (AvgIpc) is 3.29. The van der Waals surface area contributed by atoms with Crippen LogP contribution in [0, 0.1) is 5.92 Å². The van der Waals surface area contributed by atoms with Crippen molar-refractivity contribution in [3.05, 3.63) is 22.6 Å². The number of carbonyl (C=O) groups is 1. The molecule has 148 valence electrons. The smallest absolute Gasteiger partial charge is 0.291 e. The Morgan fingerprint density at radius 3 is 3.11 bits per heavy atom. The zero-order valence-corrected chi connectivity index (χ0v) is 16.8. The number of hydrogen-bond donors (Lipinski definition) is 1. The quantitative estimate of drug-likeness (QED) is 0.715. The molecule has 1 aliphatic heterocycles. The van der Waals surface area contributed by atoms with Crippen molar-refractivity contribution < 1.29 is 9.53 Å². The Kier molecular flexibility index (Phi) is 4.73. The Bertz CT molecular complexity index is 1020. The van der Waals surface area contributed by atoms with E-state index >= 15 is 0 Å². The van der Waals surface area contributed by atoms with Crippen molar-refractivity contribution in [1.82, 2.24) is 29.8 Å². The lowest BCUT2D eigenvalue weighted by Gasteiger charge is -2.26. The van der Waals surface area contributed by atoms with E-state index in [9.17, 15) is 4.79 Å². The SMILES string of the molecule is C[C@@H]1CCc2sc3ncn4nc(C(=O)NCCN5CCOCC5)nc4c3c2C1. The monoisotopic (exact) mass is 400 g/mol. The Morgan fingerprint density at radius 1 is 1.39 bits per heavy atom. The third-order valence-corrected chi connectivity index (χ3v) is 6.85. The molecule has 28 heavy (non-hydrogen) atoms. The van der Waals surface area contributed by atoms with Crippen LogP contribution in [0.25, 0.3) is 15.9 Å². The normalized spacial score (nSPS) is 20.5. The van der Waals surface area contributed by atoms with Crippen LogP contribution < -0.4 is 5.32 Å². The predicted molar refractivity (Wildman–Crippen MR) is 107 cm³/mol. The second kappa shape index (κ2) is 7.38. The van der Waals surface area contributed by atoms with Crippen LogP contribution in [0.5, 0.6) is 0 Å². The second-order valence-corrected chi connectivity index (χ2v) is 8.77. The summed E-state index contributed by atoms with van der Waals surface area (Å²) in [6, 6.07) is 0. The summed E-state index contributed by atoms with van der Waals surface area (Å²) in [6.07, 6.45) is 5.04. The molecule has 1 fully saturated rings. The van der Waals surface area contributed by atoms with Crippen molar-refractivity contribution in [2.45, 2.75) is 26.2 Å². The number of carbonyl (C=O) groups excluding carboxylic acids is 1. The highest BCUT2D eigenvalue weighted by Crippen LogP contribution is 2.38. The number of amides is 1. The van der Waals surface area contributed by atoms with Gasteiger partial charge in [-0.05, 0) is 30.7 Å². The molecule has 0 radical (unpaired) electrons. The molecular weight excluding hydrogens is 376 g/mol. The fourth-order valence-electron chi connectivity index (χ4n) is 4.07. The number of thiophene rings is 1. The topological polar surface area (TPSA) is 84.7 Å². The van der Waals surface area contributed by atoms with Gasteiger partial charge in [-0.1, -0.05) is 6.92 Å². The van der Waals surface area contributed by atoms with E-state index in [0.29, 0.717) is 12.5 Å². The summed E-state index contributed by atoms with van der Waals surface area (Å²) in [5.74, 6) is 0.638. The molecule has 2 aliphatic rings. The number of morpholine rings is 1. The molecule has 5 rings (SSSR count). The van der Waals surface area contributed by atoms with Gasteiger partial charge < -0.3 is 10.1 Å². The second-order valence-electron chi connectivity index (χ2n) is 7.69. The van der Waals surface area contributed by atoms with Crippen molar-refractivity contribution in [1.29, 1.82) is 0 Å². The summed E-state index contributed by atoms with van der Waals surface area (Å²) in [6.45, 7) is 7.01. The van der Waals surface area contributed by atoms with Crippen LogP contribution in [0.4, 0.5) is 0 Å². The van der Waals surface area contributed by atoms with Crippen LogP contribution in [0.1, 0.15) is 34.4 Å². The molecule has 1 amide bonds. The summed E-state index contributed by atoms with van der Waals surface area (Å²) in [4.78, 5) is 26.4. The van der Waals surface area contributed by atoms with E-state index in [1.54, 1.807) is 22.2 Å². The van der Waals surface area contributed by atoms with Gasteiger partial charge in [0.15, 0.2) is 5.65 Å². The maximum atomic E-state index is 12.6. The molecule has 0 bridgehead atoms. The fraction of sp³-hybridized carbons (Fsp3) is 0.579. The summed E-state index contributed by atoms with van der Waals surface area (Å²) in [7, 11) is 0. The van der Waals surface area contributed by atoms with Crippen molar-refractivity contribution in [2.75, 3.05) is 39.4 Å². The highest BCUT2D eigenvalue weighted by molar-refractivity contribution is 7.19. The maximum absolute atomic E-state index is 12.6. The zero-order valence-electron chi connectivity index (χ0n) is 16.0. The highest BCUT2D eigenvalue weighted by atomic mass is 32.1. The Hall–Kier alpha value is -2.10. The number of ether oxygens (including phenoxy) is 1. The molecular formula is C19H24N6O2S. The number of aryl methyl sites for hydroxylation is 1. The first kappa shape index (κ1) is 18.0. The minimum atomic E-state index is -0.234. The van der Waals surface area contributed by atoms with Gasteiger partial charge in [0.1, 0.15) is 11.2 Å². The Labute approximate surface area is 166 Å². The van der Waals surface area contributed by atoms with Crippen molar-refractivity contribution in [3.63, 3.8) is 0 Å².